The van der Waals surface area contributed by atoms with Crippen LogP contribution >= 0.6 is 0 Å². The van der Waals surface area contributed by atoms with Crippen molar-refractivity contribution in [3.05, 3.63) is 23.8 Å². The molecule has 0 radical (unpaired) electrons. The SMILES string of the molecule is O=C(NS(=O)(=O)C1CC1)c1cccc2c1OCCN2. The number of para-hydroxylation sites is 1. The summed E-state index contributed by atoms with van der Waals surface area (Å²) in [5.74, 6) is -0.218. The van der Waals surface area contributed by atoms with Crippen LogP contribution in [0.4, 0.5) is 5.69 Å². The summed E-state index contributed by atoms with van der Waals surface area (Å²) < 4.78 is 31.1. The minimum absolute atomic E-state index is 0.244. The number of fused-ring (bicyclic) bond motifs is 1. The molecule has 1 saturated carbocycles. The van der Waals surface area contributed by atoms with Crippen LogP contribution in [0.3, 0.4) is 0 Å². The molecular formula is C12H14N2O4S. The van der Waals surface area contributed by atoms with Gasteiger partial charge >= 0.3 is 0 Å². The van der Waals surface area contributed by atoms with Gasteiger partial charge in [0.15, 0.2) is 5.75 Å². The summed E-state index contributed by atoms with van der Waals surface area (Å²) in [6.45, 7) is 1.12. The molecule has 1 aliphatic carbocycles. The molecule has 0 spiro atoms. The summed E-state index contributed by atoms with van der Waals surface area (Å²) in [6, 6.07) is 5.05. The highest BCUT2D eigenvalue weighted by atomic mass is 32.2. The summed E-state index contributed by atoms with van der Waals surface area (Å²) >= 11 is 0. The van der Waals surface area contributed by atoms with E-state index in [0.717, 1.165) is 0 Å². The van der Waals surface area contributed by atoms with Crippen molar-refractivity contribution < 1.29 is 17.9 Å². The summed E-state index contributed by atoms with van der Waals surface area (Å²) in [5, 5.41) is 2.68. The van der Waals surface area contributed by atoms with E-state index in [-0.39, 0.29) is 5.56 Å². The maximum atomic E-state index is 12.1. The van der Waals surface area contributed by atoms with Crippen molar-refractivity contribution in [2.75, 3.05) is 18.5 Å². The van der Waals surface area contributed by atoms with E-state index in [2.05, 4.69) is 10.0 Å². The summed E-state index contributed by atoms with van der Waals surface area (Å²) in [7, 11) is -3.54. The number of carbonyl (C=O) groups is 1. The predicted molar refractivity (Wildman–Crippen MR) is 69.8 cm³/mol. The zero-order valence-corrected chi connectivity index (χ0v) is 11.0. The number of anilines is 1. The molecule has 1 heterocycles. The Labute approximate surface area is 111 Å². The second-order valence-corrected chi connectivity index (χ2v) is 6.59. The van der Waals surface area contributed by atoms with E-state index in [4.69, 9.17) is 4.74 Å². The maximum Gasteiger partial charge on any atom is 0.268 e. The first-order chi connectivity index (χ1) is 9.08. The third-order valence-electron chi connectivity index (χ3n) is 3.12. The van der Waals surface area contributed by atoms with Gasteiger partial charge in [0, 0.05) is 6.54 Å². The molecule has 0 atom stereocenters. The van der Waals surface area contributed by atoms with Crippen LogP contribution in [-0.2, 0) is 10.0 Å². The number of amides is 1. The van der Waals surface area contributed by atoms with Crippen LogP contribution in [0.15, 0.2) is 18.2 Å². The van der Waals surface area contributed by atoms with Crippen molar-refractivity contribution in [1.82, 2.24) is 4.72 Å². The monoisotopic (exact) mass is 282 g/mol. The average molecular weight is 282 g/mol. The Morgan fingerprint density at radius 2 is 2.16 bits per heavy atom. The first kappa shape index (κ1) is 12.3. The summed E-state index contributed by atoms with van der Waals surface area (Å²) in [4.78, 5) is 12.1. The van der Waals surface area contributed by atoms with Crippen LogP contribution in [0, 0.1) is 0 Å². The fourth-order valence-electron chi connectivity index (χ4n) is 2.00. The minimum atomic E-state index is -3.54. The Balaban J connectivity index is 1.87. The van der Waals surface area contributed by atoms with Crippen molar-refractivity contribution in [2.24, 2.45) is 0 Å². The van der Waals surface area contributed by atoms with Crippen molar-refractivity contribution in [3.8, 4) is 5.75 Å². The van der Waals surface area contributed by atoms with E-state index in [0.29, 0.717) is 37.4 Å². The van der Waals surface area contributed by atoms with E-state index in [1.165, 1.54) is 0 Å². The van der Waals surface area contributed by atoms with Crippen molar-refractivity contribution in [1.29, 1.82) is 0 Å². The number of ether oxygens (including phenoxy) is 1. The third-order valence-corrected chi connectivity index (χ3v) is 4.94. The molecule has 0 saturated heterocycles. The van der Waals surface area contributed by atoms with Gasteiger partial charge < -0.3 is 10.1 Å². The highest BCUT2D eigenvalue weighted by Gasteiger charge is 2.37. The molecule has 1 amide bonds. The van der Waals surface area contributed by atoms with Crippen molar-refractivity contribution >= 4 is 21.6 Å². The number of carbonyl (C=O) groups excluding carboxylic acids is 1. The lowest BCUT2D eigenvalue weighted by atomic mass is 10.1. The maximum absolute atomic E-state index is 12.1. The number of sulfonamides is 1. The van der Waals surface area contributed by atoms with E-state index >= 15 is 0 Å². The molecule has 1 aliphatic heterocycles. The fourth-order valence-corrected chi connectivity index (χ4v) is 3.29. The summed E-state index contributed by atoms with van der Waals surface area (Å²) in [5.41, 5.74) is 0.955. The van der Waals surface area contributed by atoms with Crippen LogP contribution in [0.5, 0.6) is 5.75 Å². The molecule has 2 aliphatic rings. The third kappa shape index (κ3) is 2.37. The second-order valence-electron chi connectivity index (χ2n) is 4.63. The second kappa shape index (κ2) is 4.41. The van der Waals surface area contributed by atoms with Crippen molar-refractivity contribution in [2.45, 2.75) is 18.1 Å². The van der Waals surface area contributed by atoms with Crippen LogP contribution < -0.4 is 14.8 Å². The van der Waals surface area contributed by atoms with Gasteiger partial charge in [-0.2, -0.15) is 0 Å². The number of hydrogen-bond donors (Lipinski definition) is 2. The number of rotatable bonds is 3. The largest absolute Gasteiger partial charge is 0.489 e. The molecule has 0 bridgehead atoms. The zero-order valence-electron chi connectivity index (χ0n) is 10.2. The molecule has 102 valence electrons. The summed E-state index contributed by atoms with van der Waals surface area (Å²) in [6.07, 6.45) is 1.24. The van der Waals surface area contributed by atoms with Gasteiger partial charge in [-0.1, -0.05) is 6.07 Å². The Morgan fingerprint density at radius 3 is 2.89 bits per heavy atom. The topological polar surface area (TPSA) is 84.5 Å². The average Bonchev–Trinajstić information content (AvgIpc) is 3.22. The van der Waals surface area contributed by atoms with Gasteiger partial charge in [-0.25, -0.2) is 13.1 Å². The van der Waals surface area contributed by atoms with Gasteiger partial charge in [-0.15, -0.1) is 0 Å². The molecular weight excluding hydrogens is 268 g/mol. The highest BCUT2D eigenvalue weighted by Crippen LogP contribution is 2.32. The zero-order chi connectivity index (χ0) is 13.5. The van der Waals surface area contributed by atoms with Gasteiger partial charge in [0.1, 0.15) is 6.61 Å². The van der Waals surface area contributed by atoms with E-state index in [1.807, 2.05) is 0 Å². The predicted octanol–water partition coefficient (Wildman–Crippen LogP) is 0.713. The minimum Gasteiger partial charge on any atom is -0.489 e. The Morgan fingerprint density at radius 1 is 1.37 bits per heavy atom. The van der Waals surface area contributed by atoms with Gasteiger partial charge in [-0.05, 0) is 25.0 Å². The molecule has 0 aromatic heterocycles. The lowest BCUT2D eigenvalue weighted by molar-refractivity contribution is 0.0977. The number of nitrogens with one attached hydrogen (secondary N) is 2. The molecule has 3 rings (SSSR count). The fraction of sp³-hybridized carbons (Fsp3) is 0.417. The first-order valence-corrected chi connectivity index (χ1v) is 7.68. The van der Waals surface area contributed by atoms with E-state index in [9.17, 15) is 13.2 Å². The highest BCUT2D eigenvalue weighted by molar-refractivity contribution is 7.91. The molecule has 2 N–H and O–H groups in total. The molecule has 0 unspecified atom stereocenters. The van der Waals surface area contributed by atoms with Crippen LogP contribution in [0.1, 0.15) is 23.2 Å². The first-order valence-electron chi connectivity index (χ1n) is 6.13. The number of hydrogen-bond acceptors (Lipinski definition) is 5. The van der Waals surface area contributed by atoms with Gasteiger partial charge in [-0.3, -0.25) is 4.79 Å². The molecule has 1 aromatic rings. The van der Waals surface area contributed by atoms with Gasteiger partial charge in [0.25, 0.3) is 5.91 Å². The smallest absolute Gasteiger partial charge is 0.268 e. The van der Waals surface area contributed by atoms with Crippen molar-refractivity contribution in [3.63, 3.8) is 0 Å². The normalized spacial score (nSPS) is 17.9. The lowest BCUT2D eigenvalue weighted by Crippen LogP contribution is -2.34. The molecule has 6 nitrogen and oxygen atoms in total. The van der Waals surface area contributed by atoms with Gasteiger partial charge in [0.05, 0.1) is 16.5 Å². The molecule has 7 heteroatoms. The molecule has 19 heavy (non-hydrogen) atoms. The van der Waals surface area contributed by atoms with E-state index < -0.39 is 21.2 Å². The molecule has 1 fully saturated rings. The van der Waals surface area contributed by atoms with Gasteiger partial charge in [0.2, 0.25) is 10.0 Å². The quantitative estimate of drug-likeness (QED) is 0.853. The van der Waals surface area contributed by atoms with Crippen LogP contribution in [-0.4, -0.2) is 32.7 Å². The Bertz CT molecular complexity index is 623. The Kier molecular flexibility index (Phi) is 2.85. The standard InChI is InChI=1S/C12H14N2O4S/c15-12(14-19(16,17)8-4-5-8)9-2-1-3-10-11(9)18-7-6-13-10/h1-3,8,13H,4-7H2,(H,14,15). The van der Waals surface area contributed by atoms with Crippen LogP contribution in [0.2, 0.25) is 0 Å². The lowest BCUT2D eigenvalue weighted by Gasteiger charge is -2.21. The van der Waals surface area contributed by atoms with Crippen LogP contribution in [0.25, 0.3) is 0 Å². The Hall–Kier alpha value is -1.76. The number of benzene rings is 1. The molecule has 1 aromatic carbocycles. The van der Waals surface area contributed by atoms with E-state index in [1.54, 1.807) is 18.2 Å².